The maximum atomic E-state index is 13.8. The molecule has 3 heteroatoms. The summed E-state index contributed by atoms with van der Waals surface area (Å²) in [6.07, 6.45) is 0. The Kier molecular flexibility index (Phi) is 4.52. The SMILES string of the molecule is CC(N)c1c(F)cccc1N(C)C(C)C(C)C. The highest BCUT2D eigenvalue weighted by Gasteiger charge is 2.20. The molecule has 0 saturated carbocycles. The first-order valence-electron chi connectivity index (χ1n) is 6.13. The highest BCUT2D eigenvalue weighted by atomic mass is 19.1. The van der Waals surface area contributed by atoms with Crippen LogP contribution in [0.5, 0.6) is 0 Å². The van der Waals surface area contributed by atoms with Crippen molar-refractivity contribution in [3.05, 3.63) is 29.6 Å². The average Bonchev–Trinajstić information content (AvgIpc) is 2.25. The van der Waals surface area contributed by atoms with E-state index in [-0.39, 0.29) is 11.9 Å². The molecule has 0 fully saturated rings. The summed E-state index contributed by atoms with van der Waals surface area (Å²) in [5.41, 5.74) is 7.35. The molecule has 0 spiro atoms. The van der Waals surface area contributed by atoms with Crippen LogP contribution in [0, 0.1) is 11.7 Å². The molecule has 0 heterocycles. The molecule has 0 aromatic heterocycles. The lowest BCUT2D eigenvalue weighted by Gasteiger charge is -2.32. The minimum Gasteiger partial charge on any atom is -0.371 e. The van der Waals surface area contributed by atoms with E-state index in [1.165, 1.54) is 6.07 Å². The molecule has 2 atom stereocenters. The van der Waals surface area contributed by atoms with Gasteiger partial charge in [-0.3, -0.25) is 0 Å². The van der Waals surface area contributed by atoms with Crippen LogP contribution in [0.25, 0.3) is 0 Å². The zero-order valence-electron chi connectivity index (χ0n) is 11.4. The zero-order valence-corrected chi connectivity index (χ0v) is 11.4. The number of benzene rings is 1. The van der Waals surface area contributed by atoms with Gasteiger partial charge in [0.15, 0.2) is 0 Å². The van der Waals surface area contributed by atoms with Crippen LogP contribution in [0.1, 0.15) is 39.3 Å². The predicted octanol–water partition coefficient (Wildman–Crippen LogP) is 3.33. The fraction of sp³-hybridized carbons (Fsp3) is 0.571. The van der Waals surface area contributed by atoms with Crippen LogP contribution >= 0.6 is 0 Å². The summed E-state index contributed by atoms with van der Waals surface area (Å²) in [4.78, 5) is 2.10. The second kappa shape index (κ2) is 5.50. The Balaban J connectivity index is 3.17. The molecule has 96 valence electrons. The Hall–Kier alpha value is -1.09. The first-order chi connectivity index (χ1) is 7.86. The molecule has 0 bridgehead atoms. The second-order valence-electron chi connectivity index (χ2n) is 5.06. The minimum absolute atomic E-state index is 0.222. The molecule has 17 heavy (non-hydrogen) atoms. The molecule has 0 aliphatic rings. The maximum absolute atomic E-state index is 13.8. The summed E-state index contributed by atoms with van der Waals surface area (Å²) < 4.78 is 13.8. The van der Waals surface area contributed by atoms with E-state index in [1.54, 1.807) is 6.07 Å². The lowest BCUT2D eigenvalue weighted by atomic mass is 10.0. The largest absolute Gasteiger partial charge is 0.371 e. The van der Waals surface area contributed by atoms with E-state index in [9.17, 15) is 4.39 Å². The summed E-state index contributed by atoms with van der Waals surface area (Å²) in [5, 5.41) is 0. The lowest BCUT2D eigenvalue weighted by molar-refractivity contribution is 0.501. The number of nitrogens with zero attached hydrogens (tertiary/aromatic N) is 1. The number of hydrogen-bond acceptors (Lipinski definition) is 2. The van der Waals surface area contributed by atoms with Gasteiger partial charge in [0.2, 0.25) is 0 Å². The van der Waals surface area contributed by atoms with Crippen LogP contribution < -0.4 is 10.6 Å². The van der Waals surface area contributed by atoms with Gasteiger partial charge < -0.3 is 10.6 Å². The first kappa shape index (κ1) is 14.0. The van der Waals surface area contributed by atoms with Crippen molar-refractivity contribution in [2.45, 2.75) is 39.8 Å². The van der Waals surface area contributed by atoms with Gasteiger partial charge >= 0.3 is 0 Å². The fourth-order valence-corrected chi connectivity index (χ4v) is 1.95. The van der Waals surface area contributed by atoms with Gasteiger partial charge in [-0.2, -0.15) is 0 Å². The molecule has 0 saturated heterocycles. The van der Waals surface area contributed by atoms with Crippen molar-refractivity contribution in [2.24, 2.45) is 11.7 Å². The Morgan fingerprint density at radius 1 is 1.18 bits per heavy atom. The lowest BCUT2D eigenvalue weighted by Crippen LogP contribution is -2.34. The van der Waals surface area contributed by atoms with E-state index in [0.29, 0.717) is 17.5 Å². The van der Waals surface area contributed by atoms with E-state index in [2.05, 4.69) is 25.7 Å². The Bertz CT molecular complexity index is 374. The third kappa shape index (κ3) is 2.97. The van der Waals surface area contributed by atoms with Crippen LogP contribution in [0.15, 0.2) is 18.2 Å². The van der Waals surface area contributed by atoms with Crippen LogP contribution in [-0.2, 0) is 0 Å². The fourth-order valence-electron chi connectivity index (χ4n) is 1.95. The van der Waals surface area contributed by atoms with Crippen molar-refractivity contribution in [3.8, 4) is 0 Å². The second-order valence-corrected chi connectivity index (χ2v) is 5.06. The van der Waals surface area contributed by atoms with E-state index in [4.69, 9.17) is 5.73 Å². The first-order valence-corrected chi connectivity index (χ1v) is 6.13. The summed E-state index contributed by atoms with van der Waals surface area (Å²) in [5.74, 6) is 0.282. The topological polar surface area (TPSA) is 29.3 Å². The molecule has 1 rings (SSSR count). The van der Waals surface area contributed by atoms with E-state index in [1.807, 2.05) is 20.0 Å². The van der Waals surface area contributed by atoms with Gasteiger partial charge in [0.1, 0.15) is 5.82 Å². The monoisotopic (exact) mass is 238 g/mol. The van der Waals surface area contributed by atoms with Gasteiger partial charge in [0.25, 0.3) is 0 Å². The molecule has 0 aliphatic carbocycles. The number of nitrogens with two attached hydrogens (primary N) is 1. The van der Waals surface area contributed by atoms with Crippen molar-refractivity contribution in [3.63, 3.8) is 0 Å². The maximum Gasteiger partial charge on any atom is 0.130 e. The highest BCUT2D eigenvalue weighted by molar-refractivity contribution is 5.55. The summed E-state index contributed by atoms with van der Waals surface area (Å²) in [6, 6.07) is 5.18. The molecular weight excluding hydrogens is 215 g/mol. The van der Waals surface area contributed by atoms with Crippen LogP contribution in [0.4, 0.5) is 10.1 Å². The zero-order chi connectivity index (χ0) is 13.2. The molecular formula is C14H23FN2. The van der Waals surface area contributed by atoms with Crippen LogP contribution in [0.2, 0.25) is 0 Å². The van der Waals surface area contributed by atoms with Crippen LogP contribution in [0.3, 0.4) is 0 Å². The van der Waals surface area contributed by atoms with Crippen LogP contribution in [-0.4, -0.2) is 13.1 Å². The van der Waals surface area contributed by atoms with Gasteiger partial charge in [0, 0.05) is 30.4 Å². The van der Waals surface area contributed by atoms with Gasteiger partial charge in [-0.05, 0) is 31.9 Å². The predicted molar refractivity (Wildman–Crippen MR) is 71.7 cm³/mol. The molecule has 0 aliphatic heterocycles. The van der Waals surface area contributed by atoms with Gasteiger partial charge in [0.05, 0.1) is 0 Å². The highest BCUT2D eigenvalue weighted by Crippen LogP contribution is 2.29. The van der Waals surface area contributed by atoms with E-state index >= 15 is 0 Å². The van der Waals surface area contributed by atoms with Crippen molar-refractivity contribution < 1.29 is 4.39 Å². The molecule has 0 radical (unpaired) electrons. The quantitative estimate of drug-likeness (QED) is 0.871. The number of anilines is 1. The number of halogens is 1. The van der Waals surface area contributed by atoms with Gasteiger partial charge in [-0.25, -0.2) is 4.39 Å². The molecule has 2 N–H and O–H groups in total. The third-order valence-electron chi connectivity index (χ3n) is 3.44. The van der Waals surface area contributed by atoms with Crippen molar-refractivity contribution in [1.29, 1.82) is 0 Å². The minimum atomic E-state index is -0.298. The van der Waals surface area contributed by atoms with Crippen molar-refractivity contribution in [2.75, 3.05) is 11.9 Å². The van der Waals surface area contributed by atoms with E-state index in [0.717, 1.165) is 5.69 Å². The molecule has 2 nitrogen and oxygen atoms in total. The normalized spacial score (nSPS) is 14.8. The van der Waals surface area contributed by atoms with Gasteiger partial charge in [-0.15, -0.1) is 0 Å². The average molecular weight is 238 g/mol. The number of hydrogen-bond donors (Lipinski definition) is 1. The Morgan fingerprint density at radius 2 is 1.76 bits per heavy atom. The summed E-state index contributed by atoms with van der Waals surface area (Å²) in [7, 11) is 1.99. The Morgan fingerprint density at radius 3 is 2.24 bits per heavy atom. The summed E-state index contributed by atoms with van der Waals surface area (Å²) in [6.45, 7) is 8.27. The number of rotatable bonds is 4. The van der Waals surface area contributed by atoms with E-state index < -0.39 is 0 Å². The molecule has 0 amide bonds. The van der Waals surface area contributed by atoms with Crippen molar-refractivity contribution in [1.82, 2.24) is 0 Å². The van der Waals surface area contributed by atoms with Crippen molar-refractivity contribution >= 4 is 5.69 Å². The Labute approximate surface area is 104 Å². The third-order valence-corrected chi connectivity index (χ3v) is 3.44. The molecule has 1 aromatic carbocycles. The standard InChI is InChI=1S/C14H23FN2/c1-9(2)11(4)17(5)13-8-6-7-12(15)14(13)10(3)16/h6-11H,16H2,1-5H3. The molecule has 1 aromatic rings. The van der Waals surface area contributed by atoms with Gasteiger partial charge in [-0.1, -0.05) is 19.9 Å². The molecule has 2 unspecified atom stereocenters. The summed E-state index contributed by atoms with van der Waals surface area (Å²) >= 11 is 0. The smallest absolute Gasteiger partial charge is 0.130 e.